The highest BCUT2D eigenvalue weighted by molar-refractivity contribution is 5.87. The van der Waals surface area contributed by atoms with Gasteiger partial charge in [-0.25, -0.2) is 0 Å². The quantitative estimate of drug-likeness (QED) is 0.396. The summed E-state index contributed by atoms with van der Waals surface area (Å²) in [5, 5.41) is 2.99. The van der Waals surface area contributed by atoms with Crippen molar-refractivity contribution in [3.8, 4) is 0 Å². The maximum atomic E-state index is 13.7. The van der Waals surface area contributed by atoms with Crippen molar-refractivity contribution in [3.05, 3.63) is 108 Å². The monoisotopic (exact) mass is 442 g/mol. The number of carbonyl (C=O) groups excluding carboxylic acids is 2. The summed E-state index contributed by atoms with van der Waals surface area (Å²) < 4.78 is 0. The van der Waals surface area contributed by atoms with E-state index in [0.29, 0.717) is 19.5 Å². The first-order chi connectivity index (χ1) is 16.1. The molecule has 0 spiro atoms. The van der Waals surface area contributed by atoms with E-state index in [9.17, 15) is 9.59 Å². The van der Waals surface area contributed by atoms with Crippen LogP contribution < -0.4 is 5.32 Å². The van der Waals surface area contributed by atoms with Crippen molar-refractivity contribution < 1.29 is 9.59 Å². The van der Waals surface area contributed by atoms with Gasteiger partial charge in [-0.2, -0.15) is 0 Å². The molecular weight excluding hydrogens is 408 g/mol. The molecule has 4 nitrogen and oxygen atoms in total. The molecule has 0 heterocycles. The van der Waals surface area contributed by atoms with Crippen LogP contribution >= 0.6 is 0 Å². The molecule has 0 fully saturated rings. The molecule has 0 aliphatic rings. The Morgan fingerprint density at radius 2 is 1.33 bits per heavy atom. The smallest absolute Gasteiger partial charge is 0.242 e. The summed E-state index contributed by atoms with van der Waals surface area (Å²) in [4.78, 5) is 28.3. The molecule has 3 rings (SSSR count). The maximum absolute atomic E-state index is 13.7. The summed E-state index contributed by atoms with van der Waals surface area (Å²) in [7, 11) is 0. The lowest BCUT2D eigenvalue weighted by Gasteiger charge is -2.30. The summed E-state index contributed by atoms with van der Waals surface area (Å²) >= 11 is 0. The molecule has 1 atom stereocenters. The number of carbonyl (C=O) groups is 2. The van der Waals surface area contributed by atoms with Crippen LogP contribution in [0, 0.1) is 0 Å². The summed E-state index contributed by atoms with van der Waals surface area (Å²) in [5.41, 5.74) is 3.20. The average Bonchev–Trinajstić information content (AvgIpc) is 2.87. The number of rotatable bonds is 11. The number of hydrogen-bond donors (Lipinski definition) is 1. The highest BCUT2D eigenvalue weighted by Gasteiger charge is 2.28. The number of benzene rings is 3. The molecule has 4 heteroatoms. The molecule has 3 aromatic carbocycles. The Labute approximate surface area is 197 Å². The van der Waals surface area contributed by atoms with Crippen LogP contribution in [0.4, 0.5) is 0 Å². The Morgan fingerprint density at radius 1 is 0.818 bits per heavy atom. The van der Waals surface area contributed by atoms with Crippen LogP contribution in [0.25, 0.3) is 0 Å². The van der Waals surface area contributed by atoms with Gasteiger partial charge in [-0.05, 0) is 30.0 Å². The fraction of sp³-hybridized carbons (Fsp3) is 0.310. The van der Waals surface area contributed by atoms with E-state index in [4.69, 9.17) is 0 Å². The lowest BCUT2D eigenvalue weighted by Crippen LogP contribution is -2.48. The van der Waals surface area contributed by atoms with Crippen LogP contribution in [0.3, 0.4) is 0 Å². The molecule has 0 bridgehead atoms. The average molecular weight is 443 g/mol. The van der Waals surface area contributed by atoms with Crippen molar-refractivity contribution in [2.24, 2.45) is 0 Å². The standard InChI is InChI=1S/C29H34N2O2/c1-3-4-20-30-29(33)23(2)31(22-24-14-8-5-9-15-24)28(32)21-27(25-16-10-6-11-17-25)26-18-12-7-13-19-26/h5-19,23,27H,3-4,20-22H2,1-2H3,(H,30,33). The largest absolute Gasteiger partial charge is 0.354 e. The maximum Gasteiger partial charge on any atom is 0.242 e. The zero-order valence-corrected chi connectivity index (χ0v) is 19.6. The van der Waals surface area contributed by atoms with Crippen molar-refractivity contribution in [1.82, 2.24) is 10.2 Å². The zero-order valence-electron chi connectivity index (χ0n) is 19.6. The van der Waals surface area contributed by atoms with Gasteiger partial charge in [-0.15, -0.1) is 0 Å². The molecule has 0 radical (unpaired) electrons. The van der Waals surface area contributed by atoms with Gasteiger partial charge in [-0.1, -0.05) is 104 Å². The fourth-order valence-corrected chi connectivity index (χ4v) is 3.99. The van der Waals surface area contributed by atoms with E-state index < -0.39 is 6.04 Å². The molecule has 1 unspecified atom stereocenters. The minimum atomic E-state index is -0.554. The third-order valence-corrected chi connectivity index (χ3v) is 5.98. The van der Waals surface area contributed by atoms with Gasteiger partial charge in [0.2, 0.25) is 11.8 Å². The molecule has 1 N–H and O–H groups in total. The molecule has 172 valence electrons. The van der Waals surface area contributed by atoms with Gasteiger partial charge in [0.15, 0.2) is 0 Å². The normalized spacial score (nSPS) is 11.7. The number of nitrogens with zero attached hydrogens (tertiary/aromatic N) is 1. The Hall–Kier alpha value is -3.40. The van der Waals surface area contributed by atoms with Gasteiger partial charge in [0, 0.05) is 25.4 Å². The van der Waals surface area contributed by atoms with Crippen LogP contribution in [0.1, 0.15) is 55.7 Å². The van der Waals surface area contributed by atoms with Gasteiger partial charge < -0.3 is 10.2 Å². The third-order valence-electron chi connectivity index (χ3n) is 5.98. The van der Waals surface area contributed by atoms with Crippen molar-refractivity contribution in [1.29, 1.82) is 0 Å². The predicted molar refractivity (Wildman–Crippen MR) is 134 cm³/mol. The number of amides is 2. The first-order valence-electron chi connectivity index (χ1n) is 11.8. The topological polar surface area (TPSA) is 49.4 Å². The predicted octanol–water partition coefficient (Wildman–Crippen LogP) is 5.54. The first kappa shape index (κ1) is 24.2. The van der Waals surface area contributed by atoms with Crippen molar-refractivity contribution in [2.45, 2.75) is 51.6 Å². The van der Waals surface area contributed by atoms with Crippen LogP contribution in [0.15, 0.2) is 91.0 Å². The molecule has 3 aromatic rings. The van der Waals surface area contributed by atoms with Crippen molar-refractivity contribution in [3.63, 3.8) is 0 Å². The van der Waals surface area contributed by atoms with Crippen LogP contribution in [-0.2, 0) is 16.1 Å². The van der Waals surface area contributed by atoms with E-state index in [1.54, 1.807) is 4.90 Å². The minimum absolute atomic E-state index is 0.0327. The molecule has 0 saturated heterocycles. The van der Waals surface area contributed by atoms with E-state index in [0.717, 1.165) is 29.5 Å². The van der Waals surface area contributed by atoms with Crippen LogP contribution in [0.2, 0.25) is 0 Å². The van der Waals surface area contributed by atoms with E-state index >= 15 is 0 Å². The van der Waals surface area contributed by atoms with Gasteiger partial charge in [0.05, 0.1) is 0 Å². The third kappa shape index (κ3) is 7.04. The Morgan fingerprint density at radius 3 is 1.85 bits per heavy atom. The summed E-state index contributed by atoms with van der Waals surface area (Å²) in [6.45, 7) is 4.94. The second-order valence-corrected chi connectivity index (χ2v) is 8.41. The fourth-order valence-electron chi connectivity index (χ4n) is 3.99. The number of nitrogens with one attached hydrogen (secondary N) is 1. The Balaban J connectivity index is 1.86. The van der Waals surface area contributed by atoms with Crippen LogP contribution in [-0.4, -0.2) is 29.3 Å². The minimum Gasteiger partial charge on any atom is -0.354 e. The molecular formula is C29H34N2O2. The zero-order chi connectivity index (χ0) is 23.5. The molecule has 2 amide bonds. The molecule has 0 aromatic heterocycles. The SMILES string of the molecule is CCCCNC(=O)C(C)N(Cc1ccccc1)C(=O)CC(c1ccccc1)c1ccccc1. The Bertz CT molecular complexity index is 950. The summed E-state index contributed by atoms with van der Waals surface area (Å²) in [5.74, 6) is -0.216. The summed E-state index contributed by atoms with van der Waals surface area (Å²) in [6.07, 6.45) is 2.24. The second kappa shape index (κ2) is 12.6. The molecule has 0 aliphatic heterocycles. The van der Waals surface area contributed by atoms with E-state index in [2.05, 4.69) is 36.5 Å². The summed E-state index contributed by atoms with van der Waals surface area (Å²) in [6, 6.07) is 29.5. The number of unbranched alkanes of at least 4 members (excludes halogenated alkanes) is 1. The van der Waals surface area contributed by atoms with Gasteiger partial charge >= 0.3 is 0 Å². The lowest BCUT2D eigenvalue weighted by atomic mass is 9.88. The van der Waals surface area contributed by atoms with Gasteiger partial charge in [-0.3, -0.25) is 9.59 Å². The van der Waals surface area contributed by atoms with E-state index in [1.807, 2.05) is 73.7 Å². The van der Waals surface area contributed by atoms with Crippen molar-refractivity contribution in [2.75, 3.05) is 6.54 Å². The number of hydrogen-bond acceptors (Lipinski definition) is 2. The molecule has 0 saturated carbocycles. The highest BCUT2D eigenvalue weighted by Crippen LogP contribution is 2.29. The molecule has 33 heavy (non-hydrogen) atoms. The van der Waals surface area contributed by atoms with Crippen molar-refractivity contribution >= 4 is 11.8 Å². The lowest BCUT2D eigenvalue weighted by molar-refractivity contribution is -0.140. The van der Waals surface area contributed by atoms with Gasteiger partial charge in [0.25, 0.3) is 0 Å². The van der Waals surface area contributed by atoms with Crippen LogP contribution in [0.5, 0.6) is 0 Å². The van der Waals surface area contributed by atoms with E-state index in [1.165, 1.54) is 0 Å². The first-order valence-corrected chi connectivity index (χ1v) is 11.8. The van der Waals surface area contributed by atoms with Gasteiger partial charge in [0.1, 0.15) is 6.04 Å². The van der Waals surface area contributed by atoms with E-state index in [-0.39, 0.29) is 17.7 Å². The molecule has 0 aliphatic carbocycles. The Kier molecular flexibility index (Phi) is 9.25. The highest BCUT2D eigenvalue weighted by atomic mass is 16.2. The second-order valence-electron chi connectivity index (χ2n) is 8.41.